The van der Waals surface area contributed by atoms with E-state index in [-0.39, 0.29) is 0 Å². The molecule has 1 aromatic carbocycles. The van der Waals surface area contributed by atoms with Crippen LogP contribution in [0, 0.1) is 0 Å². The van der Waals surface area contributed by atoms with Gasteiger partial charge >= 0.3 is 0 Å². The minimum Gasteiger partial charge on any atom is -0.495 e. The number of aryl methyl sites for hydroxylation is 1. The zero-order valence-corrected chi connectivity index (χ0v) is 15.1. The fraction of sp³-hybridized carbons (Fsp3) is 0.333. The summed E-state index contributed by atoms with van der Waals surface area (Å²) in [6.07, 6.45) is 3.64. The Morgan fingerprint density at radius 2 is 2.15 bits per heavy atom. The van der Waals surface area contributed by atoms with Crippen LogP contribution in [0.1, 0.15) is 29.3 Å². The summed E-state index contributed by atoms with van der Waals surface area (Å²) in [4.78, 5) is 1.52. The third-order valence-electron chi connectivity index (χ3n) is 3.62. The Bertz CT molecular complexity index is 626. The molecule has 1 aliphatic rings. The van der Waals surface area contributed by atoms with Crippen molar-refractivity contribution < 1.29 is 4.74 Å². The number of methoxy groups -OCH3 is 1. The van der Waals surface area contributed by atoms with Gasteiger partial charge in [0.25, 0.3) is 0 Å². The summed E-state index contributed by atoms with van der Waals surface area (Å²) in [5, 5.41) is 5.85. The Hall–Kier alpha value is -0.520. The van der Waals surface area contributed by atoms with Crippen molar-refractivity contribution in [3.8, 4) is 5.75 Å². The van der Waals surface area contributed by atoms with E-state index >= 15 is 0 Å². The maximum atomic E-state index is 5.38. The molecule has 1 unspecified atom stereocenters. The average Bonchev–Trinajstić information content (AvgIpc) is 2.91. The predicted molar refractivity (Wildman–Crippen MR) is 92.0 cm³/mol. The molecule has 3 rings (SSSR count). The van der Waals surface area contributed by atoms with Crippen LogP contribution in [-0.4, -0.2) is 7.11 Å². The lowest BCUT2D eigenvalue weighted by atomic mass is 9.94. The van der Waals surface area contributed by atoms with Crippen LogP contribution in [0.25, 0.3) is 0 Å². The summed E-state index contributed by atoms with van der Waals surface area (Å²) >= 11 is 9.00. The third-order valence-corrected chi connectivity index (χ3v) is 5.90. The van der Waals surface area contributed by atoms with Gasteiger partial charge in [0.1, 0.15) is 5.75 Å². The van der Waals surface area contributed by atoms with E-state index < -0.39 is 0 Å². The van der Waals surface area contributed by atoms with Crippen molar-refractivity contribution in [2.45, 2.75) is 25.3 Å². The molecule has 2 nitrogen and oxygen atoms in total. The highest BCUT2D eigenvalue weighted by atomic mass is 79.9. The lowest BCUT2D eigenvalue weighted by Gasteiger charge is -2.25. The molecule has 0 fully saturated rings. The van der Waals surface area contributed by atoms with E-state index in [9.17, 15) is 0 Å². The molecule has 106 valence electrons. The number of halogens is 2. The topological polar surface area (TPSA) is 21.3 Å². The molecule has 20 heavy (non-hydrogen) atoms. The number of thiophene rings is 1. The van der Waals surface area contributed by atoms with Gasteiger partial charge in [0.15, 0.2) is 0 Å². The van der Waals surface area contributed by atoms with Gasteiger partial charge in [0.05, 0.1) is 23.3 Å². The molecule has 2 aromatic rings. The van der Waals surface area contributed by atoms with Gasteiger partial charge in [-0.2, -0.15) is 0 Å². The molecule has 0 spiro atoms. The molecular weight excluding hydrogens is 402 g/mol. The number of fused-ring (bicyclic) bond motifs is 1. The van der Waals surface area contributed by atoms with Gasteiger partial charge < -0.3 is 10.1 Å². The molecule has 1 atom stereocenters. The van der Waals surface area contributed by atoms with E-state index in [4.69, 9.17) is 4.74 Å². The molecule has 1 aliphatic carbocycles. The number of hydrogen-bond acceptors (Lipinski definition) is 3. The molecule has 0 saturated heterocycles. The first-order valence-corrected chi connectivity index (χ1v) is 9.01. The second kappa shape index (κ2) is 6.08. The highest BCUT2D eigenvalue weighted by molar-refractivity contribution is 9.11. The molecule has 1 N–H and O–H groups in total. The smallest absolute Gasteiger partial charge is 0.135 e. The van der Waals surface area contributed by atoms with Crippen molar-refractivity contribution in [1.82, 2.24) is 0 Å². The molecule has 0 saturated carbocycles. The van der Waals surface area contributed by atoms with Crippen LogP contribution in [0.5, 0.6) is 5.75 Å². The highest BCUT2D eigenvalue weighted by Crippen LogP contribution is 2.40. The second-order valence-corrected chi connectivity index (χ2v) is 7.56. The number of benzene rings is 1. The van der Waals surface area contributed by atoms with Crippen LogP contribution >= 0.6 is 43.2 Å². The highest BCUT2D eigenvalue weighted by Gasteiger charge is 2.22. The minimum atomic E-state index is 0.396. The molecular formula is C15H15Br2NOS. The van der Waals surface area contributed by atoms with Crippen LogP contribution in [0.2, 0.25) is 0 Å². The molecule has 0 aliphatic heterocycles. The number of hydrogen-bond donors (Lipinski definition) is 1. The van der Waals surface area contributed by atoms with Crippen molar-refractivity contribution in [1.29, 1.82) is 0 Å². The van der Waals surface area contributed by atoms with Crippen molar-refractivity contribution in [2.24, 2.45) is 0 Å². The summed E-state index contributed by atoms with van der Waals surface area (Å²) in [7, 11) is 1.69. The molecule has 0 amide bonds. The van der Waals surface area contributed by atoms with Crippen molar-refractivity contribution >= 4 is 48.9 Å². The fourth-order valence-corrected chi connectivity index (χ4v) is 4.88. The van der Waals surface area contributed by atoms with E-state index in [0.717, 1.165) is 20.4 Å². The van der Waals surface area contributed by atoms with E-state index in [0.29, 0.717) is 6.04 Å². The zero-order chi connectivity index (χ0) is 14.1. The maximum absolute atomic E-state index is 5.38. The van der Waals surface area contributed by atoms with E-state index in [1.807, 2.05) is 23.5 Å². The number of nitrogens with one attached hydrogen (secondary N) is 1. The first kappa shape index (κ1) is 14.4. The Labute approximate surface area is 139 Å². The number of anilines is 1. The van der Waals surface area contributed by atoms with Gasteiger partial charge in [0.2, 0.25) is 0 Å². The predicted octanol–water partition coefficient (Wildman–Crippen LogP) is 5.77. The summed E-state index contributed by atoms with van der Waals surface area (Å²) in [6, 6.07) is 6.71. The molecule has 1 heterocycles. The SMILES string of the molecule is COc1cc(NC2CCCc3sccc32)c(Br)cc1Br. The van der Waals surface area contributed by atoms with Gasteiger partial charge in [-0.1, -0.05) is 0 Å². The molecule has 1 aromatic heterocycles. The zero-order valence-electron chi connectivity index (χ0n) is 11.1. The summed E-state index contributed by atoms with van der Waals surface area (Å²) in [5.74, 6) is 0.844. The molecule has 0 radical (unpaired) electrons. The summed E-state index contributed by atoms with van der Waals surface area (Å²) in [6.45, 7) is 0. The molecule has 5 heteroatoms. The van der Waals surface area contributed by atoms with E-state index in [1.165, 1.54) is 29.7 Å². The van der Waals surface area contributed by atoms with Gasteiger partial charge in [0, 0.05) is 15.4 Å². The summed E-state index contributed by atoms with van der Waals surface area (Å²) < 4.78 is 7.38. The van der Waals surface area contributed by atoms with Crippen molar-refractivity contribution in [3.05, 3.63) is 43.0 Å². The first-order chi connectivity index (χ1) is 9.69. The van der Waals surface area contributed by atoms with Gasteiger partial charge in [-0.3, -0.25) is 0 Å². The van der Waals surface area contributed by atoms with Gasteiger partial charge in [-0.15, -0.1) is 11.3 Å². The number of rotatable bonds is 3. The van der Waals surface area contributed by atoms with Crippen molar-refractivity contribution in [2.75, 3.05) is 12.4 Å². The fourth-order valence-electron chi connectivity index (χ4n) is 2.62. The second-order valence-electron chi connectivity index (χ2n) is 4.85. The summed E-state index contributed by atoms with van der Waals surface area (Å²) in [5.41, 5.74) is 2.53. The molecule has 0 bridgehead atoms. The third kappa shape index (κ3) is 2.76. The van der Waals surface area contributed by atoms with Crippen LogP contribution in [0.4, 0.5) is 5.69 Å². The largest absolute Gasteiger partial charge is 0.495 e. The van der Waals surface area contributed by atoms with E-state index in [1.54, 1.807) is 7.11 Å². The van der Waals surface area contributed by atoms with Crippen LogP contribution < -0.4 is 10.1 Å². The minimum absolute atomic E-state index is 0.396. The standard InChI is InChI=1S/C15H15Br2NOS/c1-19-14-8-13(10(16)7-11(14)17)18-12-3-2-4-15-9(12)5-6-20-15/h5-8,12,18H,2-4H2,1H3. The Morgan fingerprint density at radius 1 is 1.30 bits per heavy atom. The first-order valence-electron chi connectivity index (χ1n) is 6.55. The lowest BCUT2D eigenvalue weighted by molar-refractivity contribution is 0.412. The Morgan fingerprint density at radius 3 is 2.95 bits per heavy atom. The maximum Gasteiger partial charge on any atom is 0.135 e. The van der Waals surface area contributed by atoms with Crippen LogP contribution in [0.3, 0.4) is 0 Å². The van der Waals surface area contributed by atoms with E-state index in [2.05, 4.69) is 48.6 Å². The number of ether oxygens (including phenoxy) is 1. The normalized spacial score (nSPS) is 17.6. The average molecular weight is 417 g/mol. The van der Waals surface area contributed by atoms with Gasteiger partial charge in [-0.25, -0.2) is 0 Å². The van der Waals surface area contributed by atoms with Crippen molar-refractivity contribution in [3.63, 3.8) is 0 Å². The van der Waals surface area contributed by atoms with Crippen LogP contribution in [0.15, 0.2) is 32.5 Å². The Kier molecular flexibility index (Phi) is 4.38. The monoisotopic (exact) mass is 415 g/mol. The lowest BCUT2D eigenvalue weighted by Crippen LogP contribution is -2.15. The van der Waals surface area contributed by atoms with Crippen LogP contribution in [-0.2, 0) is 6.42 Å². The Balaban J connectivity index is 1.89. The quantitative estimate of drug-likeness (QED) is 0.685. The van der Waals surface area contributed by atoms with Gasteiger partial charge in [-0.05, 0) is 74.2 Å².